The third-order valence-electron chi connectivity index (χ3n) is 4.20. The standard InChI is InChI=1S/C19H17BrN2O3/c1-22-16-6-5-12(9-14(16)11-18(22)24)17(23)7-8-21-19(25)13-3-2-4-15(20)10-13/h2-6,9-10H,7-8,11H2,1H3,(H,21,25). The molecule has 3 rings (SSSR count). The molecule has 0 bridgehead atoms. The summed E-state index contributed by atoms with van der Waals surface area (Å²) in [5.74, 6) is -0.240. The number of nitrogens with one attached hydrogen (secondary N) is 1. The molecule has 1 N–H and O–H groups in total. The predicted octanol–water partition coefficient (Wildman–Crippen LogP) is 2.97. The molecule has 1 aliphatic rings. The van der Waals surface area contributed by atoms with E-state index in [2.05, 4.69) is 21.2 Å². The van der Waals surface area contributed by atoms with Crippen molar-refractivity contribution >= 4 is 39.2 Å². The summed E-state index contributed by atoms with van der Waals surface area (Å²) in [6.07, 6.45) is 0.537. The summed E-state index contributed by atoms with van der Waals surface area (Å²) in [5.41, 5.74) is 2.83. The fourth-order valence-corrected chi connectivity index (χ4v) is 3.21. The molecule has 6 heteroatoms. The Morgan fingerprint density at radius 1 is 1.16 bits per heavy atom. The van der Waals surface area contributed by atoms with Crippen molar-refractivity contribution in [2.45, 2.75) is 12.8 Å². The topological polar surface area (TPSA) is 66.5 Å². The molecule has 2 aromatic rings. The maximum absolute atomic E-state index is 12.3. The molecule has 128 valence electrons. The molecular weight excluding hydrogens is 384 g/mol. The van der Waals surface area contributed by atoms with Crippen LogP contribution in [0.5, 0.6) is 0 Å². The zero-order chi connectivity index (χ0) is 18.0. The first kappa shape index (κ1) is 17.4. The van der Waals surface area contributed by atoms with Gasteiger partial charge in [0.15, 0.2) is 5.78 Å². The van der Waals surface area contributed by atoms with Crippen molar-refractivity contribution in [1.82, 2.24) is 5.32 Å². The van der Waals surface area contributed by atoms with E-state index in [0.717, 1.165) is 15.7 Å². The number of rotatable bonds is 5. The lowest BCUT2D eigenvalue weighted by Gasteiger charge is -2.10. The number of anilines is 1. The summed E-state index contributed by atoms with van der Waals surface area (Å²) in [4.78, 5) is 37.7. The van der Waals surface area contributed by atoms with Crippen LogP contribution in [0.25, 0.3) is 0 Å². The molecule has 1 aliphatic heterocycles. The molecule has 0 spiro atoms. The van der Waals surface area contributed by atoms with E-state index < -0.39 is 0 Å². The second kappa shape index (κ2) is 7.19. The van der Waals surface area contributed by atoms with Gasteiger partial charge in [-0.1, -0.05) is 22.0 Å². The number of halogens is 1. The van der Waals surface area contributed by atoms with Crippen LogP contribution >= 0.6 is 15.9 Å². The van der Waals surface area contributed by atoms with E-state index in [4.69, 9.17) is 0 Å². The molecule has 0 aliphatic carbocycles. The van der Waals surface area contributed by atoms with Crippen LogP contribution in [0, 0.1) is 0 Å². The Hall–Kier alpha value is -2.47. The van der Waals surface area contributed by atoms with Gasteiger partial charge in [-0.25, -0.2) is 0 Å². The number of hydrogen-bond acceptors (Lipinski definition) is 3. The summed E-state index contributed by atoms with van der Waals surface area (Å²) in [7, 11) is 1.73. The zero-order valence-corrected chi connectivity index (χ0v) is 15.3. The van der Waals surface area contributed by atoms with Crippen molar-refractivity contribution in [1.29, 1.82) is 0 Å². The molecule has 0 saturated carbocycles. The fourth-order valence-electron chi connectivity index (χ4n) is 2.81. The minimum atomic E-state index is -0.213. The highest BCUT2D eigenvalue weighted by atomic mass is 79.9. The molecule has 1 heterocycles. The van der Waals surface area contributed by atoms with Gasteiger partial charge in [0.05, 0.1) is 6.42 Å². The molecule has 25 heavy (non-hydrogen) atoms. The van der Waals surface area contributed by atoms with Gasteiger partial charge < -0.3 is 10.2 Å². The van der Waals surface area contributed by atoms with E-state index in [0.29, 0.717) is 17.5 Å². The van der Waals surface area contributed by atoms with Crippen molar-refractivity contribution < 1.29 is 14.4 Å². The molecule has 2 aromatic carbocycles. The molecule has 0 fully saturated rings. The van der Waals surface area contributed by atoms with Gasteiger partial charge in [0, 0.05) is 41.3 Å². The van der Waals surface area contributed by atoms with Gasteiger partial charge in [-0.05, 0) is 42.0 Å². The quantitative estimate of drug-likeness (QED) is 0.784. The average Bonchev–Trinajstić information content (AvgIpc) is 2.88. The number of likely N-dealkylation sites (N-methyl/N-ethyl adjacent to an activating group) is 1. The van der Waals surface area contributed by atoms with Crippen LogP contribution in [0.1, 0.15) is 32.7 Å². The van der Waals surface area contributed by atoms with Crippen LogP contribution < -0.4 is 10.2 Å². The highest BCUT2D eigenvalue weighted by Crippen LogP contribution is 2.28. The number of hydrogen-bond donors (Lipinski definition) is 1. The largest absolute Gasteiger partial charge is 0.352 e. The van der Waals surface area contributed by atoms with Crippen LogP contribution in [0.3, 0.4) is 0 Å². The van der Waals surface area contributed by atoms with Crippen molar-refractivity contribution in [3.8, 4) is 0 Å². The van der Waals surface area contributed by atoms with Crippen molar-refractivity contribution in [2.24, 2.45) is 0 Å². The summed E-state index contributed by atoms with van der Waals surface area (Å²) < 4.78 is 0.828. The van der Waals surface area contributed by atoms with Gasteiger partial charge in [-0.15, -0.1) is 0 Å². The van der Waals surface area contributed by atoms with E-state index in [1.54, 1.807) is 48.3 Å². The minimum Gasteiger partial charge on any atom is -0.352 e. The van der Waals surface area contributed by atoms with Gasteiger partial charge >= 0.3 is 0 Å². The number of nitrogens with zero attached hydrogens (tertiary/aromatic N) is 1. The van der Waals surface area contributed by atoms with Crippen LogP contribution in [0.4, 0.5) is 5.69 Å². The van der Waals surface area contributed by atoms with Gasteiger partial charge in [-0.2, -0.15) is 0 Å². The summed E-state index contributed by atoms with van der Waals surface area (Å²) in [6, 6.07) is 12.4. The molecule has 0 saturated heterocycles. The van der Waals surface area contributed by atoms with Gasteiger partial charge in [-0.3, -0.25) is 14.4 Å². The Bertz CT molecular complexity index is 863. The SMILES string of the molecule is CN1C(=O)Cc2cc(C(=O)CCNC(=O)c3cccc(Br)c3)ccc21. The lowest BCUT2D eigenvalue weighted by molar-refractivity contribution is -0.117. The first-order valence-corrected chi connectivity index (χ1v) is 8.71. The van der Waals surface area contributed by atoms with Gasteiger partial charge in [0.2, 0.25) is 5.91 Å². The van der Waals surface area contributed by atoms with Crippen LogP contribution in [-0.4, -0.2) is 31.2 Å². The Balaban J connectivity index is 1.58. The molecule has 5 nitrogen and oxygen atoms in total. The van der Waals surface area contributed by atoms with Crippen LogP contribution in [-0.2, 0) is 11.2 Å². The lowest BCUT2D eigenvalue weighted by atomic mass is 10.0. The molecular formula is C19H17BrN2O3. The van der Waals surface area contributed by atoms with E-state index in [1.165, 1.54) is 0 Å². The Kier molecular flexibility index (Phi) is 4.99. The molecule has 0 atom stereocenters. The number of carbonyl (C=O) groups is 3. The summed E-state index contributed by atoms with van der Waals surface area (Å²) in [5, 5.41) is 2.75. The second-order valence-electron chi connectivity index (χ2n) is 5.91. The first-order chi connectivity index (χ1) is 12.0. The van der Waals surface area contributed by atoms with Crippen molar-refractivity contribution in [3.63, 3.8) is 0 Å². The summed E-state index contributed by atoms with van der Waals surface area (Å²) in [6.45, 7) is 0.264. The molecule has 0 aromatic heterocycles. The van der Waals surface area contributed by atoms with E-state index >= 15 is 0 Å². The Morgan fingerprint density at radius 2 is 1.96 bits per heavy atom. The number of Topliss-reactive ketones (excluding diaryl/α,β-unsaturated/α-hetero) is 1. The highest BCUT2D eigenvalue weighted by molar-refractivity contribution is 9.10. The maximum atomic E-state index is 12.3. The van der Waals surface area contributed by atoms with Gasteiger partial charge in [0.25, 0.3) is 5.91 Å². The molecule has 0 radical (unpaired) electrons. The van der Waals surface area contributed by atoms with Crippen LogP contribution in [0.15, 0.2) is 46.9 Å². The van der Waals surface area contributed by atoms with Crippen molar-refractivity contribution in [3.05, 3.63) is 63.6 Å². The van der Waals surface area contributed by atoms with Gasteiger partial charge in [0.1, 0.15) is 0 Å². The number of benzene rings is 2. The Labute approximate surface area is 154 Å². The second-order valence-corrected chi connectivity index (χ2v) is 6.83. The molecule has 0 unspecified atom stereocenters. The average molecular weight is 401 g/mol. The highest BCUT2D eigenvalue weighted by Gasteiger charge is 2.24. The number of ketones is 1. The lowest BCUT2D eigenvalue weighted by Crippen LogP contribution is -2.26. The monoisotopic (exact) mass is 400 g/mol. The fraction of sp³-hybridized carbons (Fsp3) is 0.211. The zero-order valence-electron chi connectivity index (χ0n) is 13.7. The number of amides is 2. The van der Waals surface area contributed by atoms with E-state index in [1.807, 2.05) is 6.07 Å². The van der Waals surface area contributed by atoms with Crippen LogP contribution in [0.2, 0.25) is 0 Å². The minimum absolute atomic E-state index is 0.0286. The smallest absolute Gasteiger partial charge is 0.251 e. The number of carbonyl (C=O) groups excluding carboxylic acids is 3. The molecule has 2 amide bonds. The normalized spacial score (nSPS) is 12.9. The summed E-state index contributed by atoms with van der Waals surface area (Å²) >= 11 is 3.32. The maximum Gasteiger partial charge on any atom is 0.251 e. The van der Waals surface area contributed by atoms with E-state index in [9.17, 15) is 14.4 Å². The third-order valence-corrected chi connectivity index (χ3v) is 4.70. The Morgan fingerprint density at radius 3 is 2.72 bits per heavy atom. The first-order valence-electron chi connectivity index (χ1n) is 7.92. The predicted molar refractivity (Wildman–Crippen MR) is 99.0 cm³/mol. The number of fused-ring (bicyclic) bond motifs is 1. The van der Waals surface area contributed by atoms with E-state index in [-0.39, 0.29) is 30.6 Å². The third kappa shape index (κ3) is 3.79. The van der Waals surface area contributed by atoms with Crippen molar-refractivity contribution in [2.75, 3.05) is 18.5 Å².